The normalized spacial score (nSPS) is 20.3. The number of nitrogens with one attached hydrogen (secondary N) is 1. The van der Waals surface area contributed by atoms with Gasteiger partial charge in [0.05, 0.1) is 32.1 Å². The zero-order chi connectivity index (χ0) is 9.97. The number of rotatable bonds is 2. The Labute approximate surface area is 83.2 Å². The lowest BCUT2D eigenvalue weighted by Gasteiger charge is -2.24. The molecule has 1 unspecified atom stereocenters. The van der Waals surface area contributed by atoms with Gasteiger partial charge < -0.3 is 14.8 Å². The van der Waals surface area contributed by atoms with Gasteiger partial charge in [0.1, 0.15) is 0 Å². The van der Waals surface area contributed by atoms with E-state index in [2.05, 4.69) is 10.3 Å². The first kappa shape index (κ1) is 9.43. The Kier molecular flexibility index (Phi) is 2.65. The molecule has 0 aliphatic carbocycles. The van der Waals surface area contributed by atoms with Gasteiger partial charge in [-0.15, -0.1) is 0 Å². The molecule has 1 aliphatic heterocycles. The average molecular weight is 194 g/mol. The number of aromatic nitrogens is 1. The van der Waals surface area contributed by atoms with Gasteiger partial charge >= 0.3 is 0 Å². The fourth-order valence-electron chi connectivity index (χ4n) is 1.64. The van der Waals surface area contributed by atoms with Gasteiger partial charge in [0.25, 0.3) is 0 Å². The molecule has 76 valence electrons. The van der Waals surface area contributed by atoms with Crippen molar-refractivity contribution in [3.8, 4) is 5.88 Å². The summed E-state index contributed by atoms with van der Waals surface area (Å²) >= 11 is 0. The summed E-state index contributed by atoms with van der Waals surface area (Å²) < 4.78 is 10.5. The summed E-state index contributed by atoms with van der Waals surface area (Å²) in [6.07, 6.45) is 0. The predicted molar refractivity (Wildman–Crippen MR) is 52.2 cm³/mol. The highest BCUT2D eigenvalue weighted by Gasteiger charge is 2.20. The SMILES string of the molecule is CNC1COCc2nc(OC)ccc21. The van der Waals surface area contributed by atoms with E-state index in [4.69, 9.17) is 9.47 Å². The van der Waals surface area contributed by atoms with Gasteiger partial charge in [-0.05, 0) is 12.6 Å². The number of methoxy groups -OCH3 is 1. The molecule has 2 heterocycles. The predicted octanol–water partition coefficient (Wildman–Crippen LogP) is 0.881. The number of hydrogen-bond donors (Lipinski definition) is 1. The van der Waals surface area contributed by atoms with Crippen LogP contribution in [0.25, 0.3) is 0 Å². The van der Waals surface area contributed by atoms with Crippen molar-refractivity contribution in [3.05, 3.63) is 23.4 Å². The Morgan fingerprint density at radius 3 is 3.14 bits per heavy atom. The summed E-state index contributed by atoms with van der Waals surface area (Å²) in [6.45, 7) is 1.28. The van der Waals surface area contributed by atoms with Crippen LogP contribution in [0.1, 0.15) is 17.3 Å². The second-order valence-electron chi connectivity index (χ2n) is 3.25. The molecule has 0 radical (unpaired) electrons. The van der Waals surface area contributed by atoms with Gasteiger partial charge in [-0.25, -0.2) is 4.98 Å². The van der Waals surface area contributed by atoms with Crippen LogP contribution in [0.5, 0.6) is 5.88 Å². The van der Waals surface area contributed by atoms with Crippen LogP contribution in [-0.2, 0) is 11.3 Å². The molecule has 4 nitrogen and oxygen atoms in total. The molecule has 4 heteroatoms. The lowest BCUT2D eigenvalue weighted by atomic mass is 10.0. The summed E-state index contributed by atoms with van der Waals surface area (Å²) in [7, 11) is 3.54. The molecule has 14 heavy (non-hydrogen) atoms. The summed E-state index contributed by atoms with van der Waals surface area (Å²) in [5.74, 6) is 0.643. The first-order chi connectivity index (χ1) is 6.85. The van der Waals surface area contributed by atoms with E-state index >= 15 is 0 Å². The molecular formula is C10H14N2O2. The molecule has 0 saturated heterocycles. The highest BCUT2D eigenvalue weighted by atomic mass is 16.5. The summed E-state index contributed by atoms with van der Waals surface area (Å²) in [6, 6.07) is 4.18. The largest absolute Gasteiger partial charge is 0.481 e. The molecule has 1 N–H and O–H groups in total. The lowest BCUT2D eigenvalue weighted by molar-refractivity contribution is 0.0808. The van der Waals surface area contributed by atoms with Gasteiger partial charge in [0.2, 0.25) is 5.88 Å². The maximum atomic E-state index is 5.42. The highest BCUT2D eigenvalue weighted by molar-refractivity contribution is 5.29. The fraction of sp³-hybridized carbons (Fsp3) is 0.500. The van der Waals surface area contributed by atoms with Crippen molar-refractivity contribution < 1.29 is 9.47 Å². The molecule has 1 aliphatic rings. The Bertz CT molecular complexity index is 328. The average Bonchev–Trinajstić information content (AvgIpc) is 2.27. The number of pyridine rings is 1. The second kappa shape index (κ2) is 3.94. The van der Waals surface area contributed by atoms with E-state index < -0.39 is 0 Å². The molecule has 1 aromatic rings. The first-order valence-electron chi connectivity index (χ1n) is 4.64. The van der Waals surface area contributed by atoms with Crippen molar-refractivity contribution in [1.82, 2.24) is 10.3 Å². The van der Waals surface area contributed by atoms with E-state index in [0.717, 1.165) is 5.69 Å². The van der Waals surface area contributed by atoms with Crippen LogP contribution in [0.2, 0.25) is 0 Å². The molecule has 0 fully saturated rings. The standard InChI is InChI=1S/C10H14N2O2/c1-11-8-5-14-6-9-7(8)3-4-10(12-9)13-2/h3-4,8,11H,5-6H2,1-2H3. The Hall–Kier alpha value is -1.13. The van der Waals surface area contributed by atoms with Gasteiger partial charge in [0.15, 0.2) is 0 Å². The topological polar surface area (TPSA) is 43.4 Å². The van der Waals surface area contributed by atoms with E-state index in [1.54, 1.807) is 7.11 Å². The minimum absolute atomic E-state index is 0.247. The number of hydrogen-bond acceptors (Lipinski definition) is 4. The quantitative estimate of drug-likeness (QED) is 0.759. The highest BCUT2D eigenvalue weighted by Crippen LogP contribution is 2.24. The summed E-state index contributed by atoms with van der Waals surface area (Å²) in [5, 5.41) is 3.19. The van der Waals surface area contributed by atoms with Crippen molar-refractivity contribution >= 4 is 0 Å². The minimum Gasteiger partial charge on any atom is -0.481 e. The zero-order valence-corrected chi connectivity index (χ0v) is 8.41. The molecule has 0 bridgehead atoms. The smallest absolute Gasteiger partial charge is 0.213 e. The Morgan fingerprint density at radius 2 is 2.43 bits per heavy atom. The van der Waals surface area contributed by atoms with Gasteiger partial charge in [-0.3, -0.25) is 0 Å². The molecule has 1 aromatic heterocycles. The Morgan fingerprint density at radius 1 is 1.57 bits per heavy atom. The molecule has 0 spiro atoms. The third-order valence-electron chi connectivity index (χ3n) is 2.44. The molecule has 2 rings (SSSR count). The van der Waals surface area contributed by atoms with Gasteiger partial charge in [-0.1, -0.05) is 6.07 Å². The van der Waals surface area contributed by atoms with Crippen LogP contribution in [-0.4, -0.2) is 25.7 Å². The van der Waals surface area contributed by atoms with Crippen molar-refractivity contribution in [3.63, 3.8) is 0 Å². The lowest BCUT2D eigenvalue weighted by Crippen LogP contribution is -2.27. The van der Waals surface area contributed by atoms with Crippen LogP contribution in [0, 0.1) is 0 Å². The van der Waals surface area contributed by atoms with Crippen molar-refractivity contribution in [1.29, 1.82) is 0 Å². The number of likely N-dealkylation sites (N-methyl/N-ethyl adjacent to an activating group) is 1. The maximum Gasteiger partial charge on any atom is 0.213 e. The van der Waals surface area contributed by atoms with E-state index in [1.165, 1.54) is 5.56 Å². The van der Waals surface area contributed by atoms with Crippen LogP contribution in [0.4, 0.5) is 0 Å². The van der Waals surface area contributed by atoms with Crippen molar-refractivity contribution in [2.75, 3.05) is 20.8 Å². The summed E-state index contributed by atoms with van der Waals surface area (Å²) in [4.78, 5) is 4.34. The molecule has 0 aromatic carbocycles. The number of fused-ring (bicyclic) bond motifs is 1. The van der Waals surface area contributed by atoms with Crippen LogP contribution < -0.4 is 10.1 Å². The second-order valence-corrected chi connectivity index (χ2v) is 3.25. The Balaban J connectivity index is 2.35. The summed E-state index contributed by atoms with van der Waals surface area (Å²) in [5.41, 5.74) is 2.18. The van der Waals surface area contributed by atoms with E-state index in [1.807, 2.05) is 19.2 Å². The van der Waals surface area contributed by atoms with Crippen molar-refractivity contribution in [2.24, 2.45) is 0 Å². The van der Waals surface area contributed by atoms with Crippen molar-refractivity contribution in [2.45, 2.75) is 12.6 Å². The van der Waals surface area contributed by atoms with Crippen LogP contribution >= 0.6 is 0 Å². The zero-order valence-electron chi connectivity index (χ0n) is 8.41. The van der Waals surface area contributed by atoms with Gasteiger partial charge in [-0.2, -0.15) is 0 Å². The molecule has 1 atom stereocenters. The number of ether oxygens (including phenoxy) is 2. The van der Waals surface area contributed by atoms with Crippen LogP contribution in [0.15, 0.2) is 12.1 Å². The van der Waals surface area contributed by atoms with E-state index in [-0.39, 0.29) is 6.04 Å². The monoisotopic (exact) mass is 194 g/mol. The fourth-order valence-corrected chi connectivity index (χ4v) is 1.64. The molecule has 0 amide bonds. The van der Waals surface area contributed by atoms with Gasteiger partial charge in [0, 0.05) is 6.07 Å². The first-order valence-corrected chi connectivity index (χ1v) is 4.64. The van der Waals surface area contributed by atoms with Crippen LogP contribution in [0.3, 0.4) is 0 Å². The van der Waals surface area contributed by atoms with E-state index in [9.17, 15) is 0 Å². The third kappa shape index (κ3) is 1.58. The third-order valence-corrected chi connectivity index (χ3v) is 2.44. The minimum atomic E-state index is 0.247. The van der Waals surface area contributed by atoms with E-state index in [0.29, 0.717) is 19.1 Å². The molecule has 0 saturated carbocycles. The number of nitrogens with zero attached hydrogens (tertiary/aromatic N) is 1. The molecular weight excluding hydrogens is 180 g/mol. The maximum absolute atomic E-state index is 5.42.